The summed E-state index contributed by atoms with van der Waals surface area (Å²) in [5, 5.41) is 4.71. The lowest BCUT2D eigenvalue weighted by Crippen LogP contribution is -1.85. The lowest BCUT2D eigenvalue weighted by Gasteiger charge is -2.06. The van der Waals surface area contributed by atoms with Crippen LogP contribution in [0.1, 0.15) is 0 Å². The molecule has 2 aromatic heterocycles. The highest BCUT2D eigenvalue weighted by Crippen LogP contribution is 2.29. The fraction of sp³-hybridized carbons (Fsp3) is 0. The van der Waals surface area contributed by atoms with Crippen LogP contribution in [-0.4, -0.2) is 9.97 Å². The molecule has 0 aliphatic rings. The quantitative estimate of drug-likeness (QED) is 0.428. The molecule has 84 valence electrons. The zero-order chi connectivity index (χ0) is 11.9. The molecule has 2 heteroatoms. The molecule has 18 heavy (non-hydrogen) atoms. The normalized spacial score (nSPS) is 11.3. The summed E-state index contributed by atoms with van der Waals surface area (Å²) < 4.78 is 0. The molecule has 2 heterocycles. The van der Waals surface area contributed by atoms with Crippen LogP contribution < -0.4 is 0 Å². The average Bonchev–Trinajstić information content (AvgIpc) is 2.46. The monoisotopic (exact) mass is 230 g/mol. The second kappa shape index (κ2) is 3.50. The van der Waals surface area contributed by atoms with Crippen LogP contribution in [0.5, 0.6) is 0 Å². The van der Waals surface area contributed by atoms with Crippen LogP contribution in [0.2, 0.25) is 0 Å². The number of aromatic nitrogens is 2. The van der Waals surface area contributed by atoms with E-state index in [2.05, 4.69) is 34.2 Å². The molecule has 2 nitrogen and oxygen atoms in total. The predicted octanol–water partition coefficient (Wildman–Crippen LogP) is 3.94. The van der Waals surface area contributed by atoms with Gasteiger partial charge in [-0.15, -0.1) is 0 Å². The number of hydrogen-bond donors (Lipinski definition) is 0. The standard InChI is InChI=1S/C16H10N2/c1-3-7-14-12(5-1)16-11(9-17-14)10-18-15-8-4-2-6-13(15)16/h1-10H. The lowest BCUT2D eigenvalue weighted by atomic mass is 10.0. The Hall–Kier alpha value is -2.48. The molecule has 0 radical (unpaired) electrons. The second-order valence-electron chi connectivity index (χ2n) is 4.38. The molecule has 0 N–H and O–H groups in total. The summed E-state index contributed by atoms with van der Waals surface area (Å²) in [4.78, 5) is 8.95. The second-order valence-corrected chi connectivity index (χ2v) is 4.38. The van der Waals surface area contributed by atoms with Gasteiger partial charge in [0.2, 0.25) is 0 Å². The summed E-state index contributed by atoms with van der Waals surface area (Å²) >= 11 is 0. The van der Waals surface area contributed by atoms with Crippen LogP contribution in [0.15, 0.2) is 60.9 Å². The van der Waals surface area contributed by atoms with Gasteiger partial charge < -0.3 is 0 Å². The highest BCUT2D eigenvalue weighted by Gasteiger charge is 2.05. The molecule has 4 aromatic rings. The van der Waals surface area contributed by atoms with Gasteiger partial charge in [-0.05, 0) is 12.1 Å². The summed E-state index contributed by atoms with van der Waals surface area (Å²) in [7, 11) is 0. The number of nitrogens with zero attached hydrogens (tertiary/aromatic N) is 2. The number of fused-ring (bicyclic) bond motifs is 5. The van der Waals surface area contributed by atoms with E-state index in [1.165, 1.54) is 16.2 Å². The fourth-order valence-electron chi connectivity index (χ4n) is 2.49. The van der Waals surface area contributed by atoms with E-state index in [4.69, 9.17) is 0 Å². The van der Waals surface area contributed by atoms with Crippen molar-refractivity contribution >= 4 is 32.6 Å². The molecule has 0 amide bonds. The van der Waals surface area contributed by atoms with Gasteiger partial charge in [-0.1, -0.05) is 36.4 Å². The van der Waals surface area contributed by atoms with E-state index in [0.29, 0.717) is 0 Å². The topological polar surface area (TPSA) is 25.8 Å². The van der Waals surface area contributed by atoms with E-state index >= 15 is 0 Å². The summed E-state index contributed by atoms with van der Waals surface area (Å²) in [6.07, 6.45) is 3.80. The smallest absolute Gasteiger partial charge is 0.0708 e. The highest BCUT2D eigenvalue weighted by atomic mass is 14.7. The summed E-state index contributed by atoms with van der Waals surface area (Å²) in [5.74, 6) is 0. The molecule has 0 atom stereocenters. The number of hydrogen-bond acceptors (Lipinski definition) is 2. The molecule has 0 bridgehead atoms. The van der Waals surface area contributed by atoms with Gasteiger partial charge in [-0.2, -0.15) is 0 Å². The summed E-state index contributed by atoms with van der Waals surface area (Å²) in [6, 6.07) is 16.5. The maximum Gasteiger partial charge on any atom is 0.0708 e. The SMILES string of the molecule is c1ccc2c(c1)ncc1cnc3ccccc3c12. The van der Waals surface area contributed by atoms with Crippen LogP contribution in [0.3, 0.4) is 0 Å². The number of para-hydroxylation sites is 2. The largest absolute Gasteiger partial charge is 0.256 e. The Morgan fingerprint density at radius 3 is 1.67 bits per heavy atom. The van der Waals surface area contributed by atoms with Gasteiger partial charge in [0.25, 0.3) is 0 Å². The molecule has 0 aliphatic carbocycles. The van der Waals surface area contributed by atoms with E-state index in [0.717, 1.165) is 16.4 Å². The summed E-state index contributed by atoms with van der Waals surface area (Å²) in [5.41, 5.74) is 2.06. The Kier molecular flexibility index (Phi) is 1.86. The first-order valence-electron chi connectivity index (χ1n) is 5.95. The minimum Gasteiger partial charge on any atom is -0.256 e. The minimum atomic E-state index is 1.03. The Bertz CT molecular complexity index is 811. The Morgan fingerprint density at radius 2 is 1.11 bits per heavy atom. The maximum absolute atomic E-state index is 4.48. The minimum absolute atomic E-state index is 1.03. The fourth-order valence-corrected chi connectivity index (χ4v) is 2.49. The van der Waals surface area contributed by atoms with Crippen molar-refractivity contribution in [2.45, 2.75) is 0 Å². The zero-order valence-corrected chi connectivity index (χ0v) is 9.67. The van der Waals surface area contributed by atoms with E-state index in [-0.39, 0.29) is 0 Å². The molecule has 0 saturated heterocycles. The maximum atomic E-state index is 4.48. The van der Waals surface area contributed by atoms with Gasteiger partial charge in [-0.25, -0.2) is 0 Å². The van der Waals surface area contributed by atoms with Crippen molar-refractivity contribution in [1.82, 2.24) is 9.97 Å². The van der Waals surface area contributed by atoms with Crippen molar-refractivity contribution in [2.75, 3.05) is 0 Å². The number of benzene rings is 2. The van der Waals surface area contributed by atoms with Crippen LogP contribution >= 0.6 is 0 Å². The van der Waals surface area contributed by atoms with Crippen LogP contribution in [0.4, 0.5) is 0 Å². The number of pyridine rings is 2. The van der Waals surface area contributed by atoms with E-state index in [9.17, 15) is 0 Å². The zero-order valence-electron chi connectivity index (χ0n) is 9.67. The Morgan fingerprint density at radius 1 is 0.611 bits per heavy atom. The Labute approximate surface area is 104 Å². The molecule has 2 aromatic carbocycles. The van der Waals surface area contributed by atoms with E-state index in [1.54, 1.807) is 0 Å². The van der Waals surface area contributed by atoms with E-state index in [1.807, 2.05) is 36.7 Å². The first-order valence-corrected chi connectivity index (χ1v) is 5.95. The molecule has 0 unspecified atom stereocenters. The molecule has 0 spiro atoms. The lowest BCUT2D eigenvalue weighted by molar-refractivity contribution is 1.40. The van der Waals surface area contributed by atoms with Gasteiger partial charge in [0, 0.05) is 33.9 Å². The third kappa shape index (κ3) is 1.23. The molecule has 4 rings (SSSR count). The van der Waals surface area contributed by atoms with Crippen LogP contribution in [-0.2, 0) is 0 Å². The Balaban J connectivity index is 2.38. The van der Waals surface area contributed by atoms with Gasteiger partial charge in [0.05, 0.1) is 11.0 Å². The number of rotatable bonds is 0. The predicted molar refractivity (Wildman–Crippen MR) is 74.6 cm³/mol. The van der Waals surface area contributed by atoms with Crippen molar-refractivity contribution < 1.29 is 0 Å². The van der Waals surface area contributed by atoms with Crippen molar-refractivity contribution in [3.63, 3.8) is 0 Å². The third-order valence-electron chi connectivity index (χ3n) is 3.32. The van der Waals surface area contributed by atoms with Crippen molar-refractivity contribution in [1.29, 1.82) is 0 Å². The van der Waals surface area contributed by atoms with Crippen molar-refractivity contribution in [3.8, 4) is 0 Å². The van der Waals surface area contributed by atoms with Gasteiger partial charge in [-0.3, -0.25) is 9.97 Å². The molecule has 0 saturated carbocycles. The molecule has 0 fully saturated rings. The van der Waals surface area contributed by atoms with Gasteiger partial charge >= 0.3 is 0 Å². The van der Waals surface area contributed by atoms with Crippen LogP contribution in [0, 0.1) is 0 Å². The highest BCUT2D eigenvalue weighted by molar-refractivity contribution is 6.17. The van der Waals surface area contributed by atoms with Crippen LogP contribution in [0.25, 0.3) is 32.6 Å². The molecular formula is C16H10N2. The molecule has 0 aliphatic heterocycles. The van der Waals surface area contributed by atoms with Crippen molar-refractivity contribution in [2.24, 2.45) is 0 Å². The first kappa shape index (κ1) is 9.54. The molecular weight excluding hydrogens is 220 g/mol. The van der Waals surface area contributed by atoms with Gasteiger partial charge in [0.15, 0.2) is 0 Å². The van der Waals surface area contributed by atoms with Crippen molar-refractivity contribution in [3.05, 3.63) is 60.9 Å². The average molecular weight is 230 g/mol. The summed E-state index contributed by atoms with van der Waals surface area (Å²) in [6.45, 7) is 0. The third-order valence-corrected chi connectivity index (χ3v) is 3.32. The van der Waals surface area contributed by atoms with E-state index < -0.39 is 0 Å². The van der Waals surface area contributed by atoms with Gasteiger partial charge in [0.1, 0.15) is 0 Å². The first-order chi connectivity index (χ1) is 8.93.